The summed E-state index contributed by atoms with van der Waals surface area (Å²) in [5.41, 5.74) is -2.37. The average Bonchev–Trinajstić information content (AvgIpc) is 0.796. The molecule has 4 heterocycles. The van der Waals surface area contributed by atoms with Crippen LogP contribution in [0.2, 0.25) is 0 Å². The number of aryl methyl sites for hydroxylation is 2. The number of carbonyl (C=O) groups is 4. The lowest BCUT2D eigenvalue weighted by Gasteiger charge is -2.71. The number of hydrogen-bond donors (Lipinski definition) is 8. The molecule has 24 heteroatoms. The first-order valence-corrected chi connectivity index (χ1v) is 33.3. The Balaban J connectivity index is 1.04. The summed E-state index contributed by atoms with van der Waals surface area (Å²) in [6, 6.07) is 30.9. The minimum absolute atomic E-state index is 0.0223. The van der Waals surface area contributed by atoms with Gasteiger partial charge in [-0.3, -0.25) is 38.2 Å². The van der Waals surface area contributed by atoms with E-state index in [0.29, 0.717) is 57.1 Å². The molecule has 4 aromatic heterocycles. The molecule has 4 bridgehead atoms. The van der Waals surface area contributed by atoms with E-state index in [0.717, 1.165) is 29.7 Å². The van der Waals surface area contributed by atoms with E-state index >= 15 is 14.4 Å². The number of Topliss-reactive ketones (excluding diaryl/α,β-unsaturated/α-hetero) is 2. The van der Waals surface area contributed by atoms with Gasteiger partial charge in [-0.15, -0.1) is 5.10 Å². The Kier molecular flexibility index (Phi) is 23.4. The van der Waals surface area contributed by atoms with Crippen molar-refractivity contribution in [2.24, 2.45) is 21.7 Å². The number of hydrogen-bond acceptors (Lipinski definition) is 18. The molecular weight excluding hydrogens is 1240 g/mol. The molecule has 24 nitrogen and oxygen atoms in total. The van der Waals surface area contributed by atoms with Gasteiger partial charge in [0.05, 0.1) is 63.5 Å². The van der Waals surface area contributed by atoms with Crippen molar-refractivity contribution in [1.29, 1.82) is 0 Å². The number of amides is 2. The lowest BCUT2D eigenvalue weighted by Crippen LogP contribution is -2.65. The fourth-order valence-corrected chi connectivity index (χ4v) is 15.8. The van der Waals surface area contributed by atoms with Crippen LogP contribution in [-0.4, -0.2) is 134 Å². The van der Waals surface area contributed by atoms with E-state index in [4.69, 9.17) is 14.2 Å². The lowest BCUT2D eigenvalue weighted by atomic mass is 9.34. The highest BCUT2D eigenvalue weighted by Crippen LogP contribution is 2.75. The molecule has 4 saturated carbocycles. The third-order valence-corrected chi connectivity index (χ3v) is 19.2. The topological polar surface area (TPSA) is 338 Å². The van der Waals surface area contributed by atoms with Crippen LogP contribution in [0, 0.1) is 28.6 Å². The largest absolute Gasteiger partial charge is 0.483 e. The zero-order valence-electron chi connectivity index (χ0n) is 54.8. The van der Waals surface area contributed by atoms with Gasteiger partial charge in [-0.25, -0.2) is 0 Å². The van der Waals surface area contributed by atoms with Crippen LogP contribution in [0.15, 0.2) is 148 Å². The van der Waals surface area contributed by atoms with Crippen LogP contribution in [-0.2, 0) is 50.8 Å². The lowest BCUT2D eigenvalue weighted by molar-refractivity contribution is -0.202. The first-order valence-electron chi connectivity index (χ1n) is 33.3. The molecule has 3 aromatic carbocycles. The van der Waals surface area contributed by atoms with E-state index < -0.39 is 93.6 Å². The van der Waals surface area contributed by atoms with Gasteiger partial charge in [0.1, 0.15) is 31.2 Å². The monoisotopic (exact) mass is 1330 g/mol. The van der Waals surface area contributed by atoms with Crippen molar-refractivity contribution in [3.8, 4) is 17.2 Å². The summed E-state index contributed by atoms with van der Waals surface area (Å²) in [6.07, 6.45) is 7.14. The molecule has 0 spiro atoms. The molecule has 4 fully saturated rings. The van der Waals surface area contributed by atoms with Gasteiger partial charge >= 0.3 is 0 Å². The van der Waals surface area contributed by atoms with Gasteiger partial charge in [-0.2, -0.15) is 0 Å². The second kappa shape index (κ2) is 32.0. The van der Waals surface area contributed by atoms with Crippen LogP contribution in [0.5, 0.6) is 17.2 Å². The number of carbonyl (C=O) groups excluding carboxylic acids is 4. The number of aliphatic hydroxyl groups is 6. The van der Waals surface area contributed by atoms with Crippen molar-refractivity contribution < 1.29 is 64.0 Å². The van der Waals surface area contributed by atoms with Crippen LogP contribution in [0.1, 0.15) is 144 Å². The van der Waals surface area contributed by atoms with E-state index in [2.05, 4.69) is 20.9 Å². The first kappa shape index (κ1) is 70.9. The molecule has 7 aromatic rings. The molecule has 11 rings (SSSR count). The second-order valence-corrected chi connectivity index (χ2v) is 27.2. The molecule has 0 saturated heterocycles. The summed E-state index contributed by atoms with van der Waals surface area (Å²) in [4.78, 5) is 102. The molecule has 3 unspecified atom stereocenters. The molecule has 4 aliphatic rings. The van der Waals surface area contributed by atoms with Gasteiger partial charge in [-0.1, -0.05) is 103 Å². The Labute approximate surface area is 561 Å². The molecule has 4 aliphatic carbocycles. The van der Waals surface area contributed by atoms with Crippen LogP contribution < -0.4 is 41.1 Å². The second-order valence-electron chi connectivity index (χ2n) is 27.2. The number of nitrogens with zero attached hydrogens (tertiary/aromatic N) is 6. The molecule has 7 atom stereocenters. The smallest absolute Gasteiger partial charge is 0.271 e. The number of benzene rings is 3. The Bertz CT molecular complexity index is 3680. The van der Waals surface area contributed by atoms with E-state index in [-0.39, 0.29) is 125 Å². The van der Waals surface area contributed by atoms with Crippen molar-refractivity contribution in [2.75, 3.05) is 32.9 Å². The fraction of sp³-hybridized carbons (Fsp3) is 0.466. The molecule has 8 N–H and O–H groups in total. The van der Waals surface area contributed by atoms with Crippen molar-refractivity contribution in [3.05, 3.63) is 204 Å². The Morgan fingerprint density at radius 3 is 1.28 bits per heavy atom. The number of aromatic nitrogens is 6. The van der Waals surface area contributed by atoms with Gasteiger partial charge in [0.25, 0.3) is 5.91 Å². The van der Waals surface area contributed by atoms with E-state index in [9.17, 15) is 49.8 Å². The highest BCUT2D eigenvalue weighted by molar-refractivity contribution is 5.98. The minimum Gasteiger partial charge on any atom is -0.483 e. The van der Waals surface area contributed by atoms with E-state index in [1.807, 2.05) is 79.9 Å². The molecule has 0 aliphatic heterocycles. The predicted molar refractivity (Wildman–Crippen MR) is 357 cm³/mol. The Morgan fingerprint density at radius 1 is 0.495 bits per heavy atom. The predicted octanol–water partition coefficient (Wildman–Crippen LogP) is 5.63. The maximum absolute atomic E-state index is 15.4. The van der Waals surface area contributed by atoms with Crippen molar-refractivity contribution >= 4 is 23.4 Å². The quantitative estimate of drug-likeness (QED) is 0.0173. The number of pyridine rings is 3. The summed E-state index contributed by atoms with van der Waals surface area (Å²) in [7, 11) is 0. The van der Waals surface area contributed by atoms with Gasteiger partial charge in [0.2, 0.25) is 22.2 Å². The number of nitrogens with one attached hydrogen (secondary N) is 2. The highest BCUT2D eigenvalue weighted by Gasteiger charge is 2.67. The summed E-state index contributed by atoms with van der Waals surface area (Å²) in [5, 5.41) is 77.3. The van der Waals surface area contributed by atoms with Gasteiger partial charge < -0.3 is 69.2 Å². The fourth-order valence-electron chi connectivity index (χ4n) is 15.8. The molecule has 516 valence electrons. The zero-order chi connectivity index (χ0) is 68.7. The molecule has 0 radical (unpaired) electrons. The van der Waals surface area contributed by atoms with Gasteiger partial charge in [0, 0.05) is 81.9 Å². The third-order valence-electron chi connectivity index (χ3n) is 19.2. The maximum Gasteiger partial charge on any atom is 0.271 e. The highest BCUT2D eigenvalue weighted by atomic mass is 16.5. The minimum atomic E-state index is -1.34. The number of aliphatic hydroxyl groups excluding tert-OH is 6. The number of ether oxygens (including phenoxy) is 3. The summed E-state index contributed by atoms with van der Waals surface area (Å²) >= 11 is 0. The summed E-state index contributed by atoms with van der Waals surface area (Å²) in [6.45, 7) is -0.288. The van der Waals surface area contributed by atoms with Crippen molar-refractivity contribution in [1.82, 2.24) is 39.3 Å². The maximum atomic E-state index is 15.4. The van der Waals surface area contributed by atoms with Crippen LogP contribution in [0.3, 0.4) is 0 Å². The van der Waals surface area contributed by atoms with Crippen LogP contribution in [0.25, 0.3) is 0 Å². The molecule has 2 amide bonds. The van der Waals surface area contributed by atoms with E-state index in [1.54, 1.807) is 28.9 Å². The SMILES string of the molecule is Cc1cn(CCCCCC(=O)NC[C@]23C[C@]4(CCC(=O)c5c(OCc6ccccc6)c(=O)ccn5CC(O)CO)C[C@](CCC(=O)c5c(OCc6ccccc6)c(=O)ccn5CC(O)CO)(C2)C[C@@](CNC(=O)c2c(OCc5ccccc5)c(=O)ccn2CC(O)CO)(C4)C3)nn1. The van der Waals surface area contributed by atoms with Crippen LogP contribution in [0.4, 0.5) is 0 Å². The molecule has 97 heavy (non-hydrogen) atoms. The number of ketones is 2. The van der Waals surface area contributed by atoms with Crippen LogP contribution >= 0.6 is 0 Å². The summed E-state index contributed by atoms with van der Waals surface area (Å²) < 4.78 is 24.6. The normalized spacial score (nSPS) is 20.2. The van der Waals surface area contributed by atoms with Crippen molar-refractivity contribution in [3.63, 3.8) is 0 Å². The Morgan fingerprint density at radius 2 is 0.876 bits per heavy atom. The van der Waals surface area contributed by atoms with E-state index in [1.165, 1.54) is 50.5 Å². The van der Waals surface area contributed by atoms with Gasteiger partial charge in [0.15, 0.2) is 34.5 Å². The van der Waals surface area contributed by atoms with Gasteiger partial charge in [-0.05, 0) is 109 Å². The summed E-state index contributed by atoms with van der Waals surface area (Å²) in [5.74, 6) is -2.62. The third kappa shape index (κ3) is 17.8. The Hall–Kier alpha value is -8.91. The number of unbranched alkanes of at least 4 members (excludes halogenated alkanes) is 2. The zero-order valence-corrected chi connectivity index (χ0v) is 54.8. The average molecular weight is 1330 g/mol. The first-order chi connectivity index (χ1) is 46.7. The molecular formula is C73H88N8O16. The van der Waals surface area contributed by atoms with Crippen molar-refractivity contribution in [2.45, 2.75) is 161 Å². The standard InChI is InChI=1S/C73H88N8O16/c1-50-32-81(77-76-50)28-13-5-12-20-62(93)74-48-72-43-70(26-21-57(88)63-66(95-39-51-14-6-2-7-15-51)59(90)23-29-78(63)33-54(85)36-82)42-71(44-72,27-22-58(89)64-67(96-40-52-16-8-3-9-17-52)60(91)24-30-79(64)34-55(86)37-83)46-73(45-70,47-72)49-75-69(94)65-68(97-41-53-18-10-4-11-19-53)61(92)25-31-80(65)35-56(87)38-84/h2-4,6-11,14-19,23-25,29-32,54-56,82-87H,5,12-13,20-22,26-28,33-49H2,1H3,(H,74,93)(H,75,94)/t54?,55?,56?,70-,71+,72+,73-. The number of rotatable bonds is 37.